The van der Waals surface area contributed by atoms with Gasteiger partial charge in [0.2, 0.25) is 5.95 Å². The van der Waals surface area contributed by atoms with Crippen LogP contribution in [0.5, 0.6) is 0 Å². The number of aromatic nitrogens is 4. The first-order valence-corrected chi connectivity index (χ1v) is 13.2. The maximum Gasteiger partial charge on any atom is 0.433 e. The summed E-state index contributed by atoms with van der Waals surface area (Å²) in [5, 5.41) is 8.18. The van der Waals surface area contributed by atoms with Crippen LogP contribution in [0.15, 0.2) is 42.6 Å². The van der Waals surface area contributed by atoms with E-state index in [4.69, 9.17) is 4.98 Å². The van der Waals surface area contributed by atoms with Crippen molar-refractivity contribution in [1.82, 2.24) is 19.7 Å². The van der Waals surface area contributed by atoms with Crippen LogP contribution in [0.2, 0.25) is 0 Å². The van der Waals surface area contributed by atoms with Crippen LogP contribution in [0.25, 0.3) is 0 Å². The fourth-order valence-electron chi connectivity index (χ4n) is 6.41. The predicted octanol–water partition coefficient (Wildman–Crippen LogP) is 6.35. The van der Waals surface area contributed by atoms with E-state index in [1.165, 1.54) is 18.3 Å². The predicted molar refractivity (Wildman–Crippen MR) is 132 cm³/mol. The lowest BCUT2D eigenvalue weighted by atomic mass is 9.91. The van der Waals surface area contributed by atoms with Crippen molar-refractivity contribution in [3.63, 3.8) is 0 Å². The second-order valence-corrected chi connectivity index (χ2v) is 10.8. The molecule has 3 aromatic rings. The van der Waals surface area contributed by atoms with Gasteiger partial charge in [-0.05, 0) is 61.3 Å². The summed E-state index contributed by atoms with van der Waals surface area (Å²) in [6.45, 7) is 1.86. The highest BCUT2D eigenvalue weighted by atomic mass is 19.4. The van der Waals surface area contributed by atoms with Crippen LogP contribution in [0.4, 0.5) is 38.0 Å². The zero-order chi connectivity index (χ0) is 27.4. The average molecular weight is 551 g/mol. The summed E-state index contributed by atoms with van der Waals surface area (Å²) in [4.78, 5) is 10.3. The van der Waals surface area contributed by atoms with Crippen molar-refractivity contribution in [3.8, 4) is 0 Å². The SMILES string of the molecule is FC(F)(F)c1cccc(C2CCCCn3nc(N[C@@H]4[C@@H]5CC[C@H]4CN(c4ccnc(C(F)(F)F)c4)C5)nc32)c1. The Kier molecular flexibility index (Phi) is 6.46. The van der Waals surface area contributed by atoms with Crippen molar-refractivity contribution in [3.05, 3.63) is 65.2 Å². The van der Waals surface area contributed by atoms with E-state index in [2.05, 4.69) is 15.4 Å². The molecule has 3 aliphatic rings. The lowest BCUT2D eigenvalue weighted by Crippen LogP contribution is -2.48. The number of fused-ring (bicyclic) bond motifs is 3. The van der Waals surface area contributed by atoms with Gasteiger partial charge in [0.15, 0.2) is 0 Å². The fourth-order valence-corrected chi connectivity index (χ4v) is 6.41. The molecule has 1 saturated heterocycles. The van der Waals surface area contributed by atoms with Gasteiger partial charge in [0.25, 0.3) is 0 Å². The third kappa shape index (κ3) is 5.17. The lowest BCUT2D eigenvalue weighted by Gasteiger charge is -2.39. The molecular weight excluding hydrogens is 522 g/mol. The van der Waals surface area contributed by atoms with Crippen molar-refractivity contribution in [2.75, 3.05) is 23.3 Å². The average Bonchev–Trinajstić information content (AvgIpc) is 3.29. The van der Waals surface area contributed by atoms with E-state index in [1.54, 1.807) is 12.1 Å². The highest BCUT2D eigenvalue weighted by Gasteiger charge is 2.43. The van der Waals surface area contributed by atoms with Crippen molar-refractivity contribution in [2.45, 2.75) is 63.0 Å². The summed E-state index contributed by atoms with van der Waals surface area (Å²) in [6, 6.07) is 8.24. The number of pyridine rings is 1. The first-order chi connectivity index (χ1) is 18.6. The van der Waals surface area contributed by atoms with Gasteiger partial charge < -0.3 is 10.2 Å². The van der Waals surface area contributed by atoms with Crippen LogP contribution in [0.1, 0.15) is 60.7 Å². The molecule has 6 rings (SSSR count). The number of anilines is 2. The smallest absolute Gasteiger partial charge is 0.371 e. The van der Waals surface area contributed by atoms with Crippen LogP contribution < -0.4 is 10.2 Å². The summed E-state index contributed by atoms with van der Waals surface area (Å²) < 4.78 is 81.4. The summed E-state index contributed by atoms with van der Waals surface area (Å²) in [5.41, 5.74) is -0.473. The molecule has 1 N–H and O–H groups in total. The molecule has 1 unspecified atom stereocenters. The number of hydrogen-bond acceptors (Lipinski definition) is 5. The third-order valence-corrected chi connectivity index (χ3v) is 8.27. The number of nitrogens with one attached hydrogen (secondary N) is 1. The molecule has 4 atom stereocenters. The minimum absolute atomic E-state index is 0.0730. The van der Waals surface area contributed by atoms with Crippen molar-refractivity contribution in [2.24, 2.45) is 11.8 Å². The molecule has 0 radical (unpaired) electrons. The minimum Gasteiger partial charge on any atom is -0.371 e. The molecule has 2 fully saturated rings. The molecule has 39 heavy (non-hydrogen) atoms. The van der Waals surface area contributed by atoms with Crippen LogP contribution >= 0.6 is 0 Å². The van der Waals surface area contributed by atoms with Crippen molar-refractivity contribution in [1.29, 1.82) is 0 Å². The second kappa shape index (κ2) is 9.71. The highest BCUT2D eigenvalue weighted by Crippen LogP contribution is 2.41. The first-order valence-electron chi connectivity index (χ1n) is 13.2. The number of alkyl halides is 6. The number of piperidine rings is 1. The zero-order valence-electron chi connectivity index (χ0n) is 21.0. The normalized spacial score (nSPS) is 25.3. The molecule has 12 heteroatoms. The number of rotatable bonds is 4. The molecular formula is C27H28F6N6. The first kappa shape index (κ1) is 25.9. The number of nitrogens with zero attached hydrogens (tertiary/aromatic N) is 5. The molecule has 0 spiro atoms. The largest absolute Gasteiger partial charge is 0.433 e. The van der Waals surface area contributed by atoms with Gasteiger partial charge in [-0.1, -0.05) is 24.6 Å². The monoisotopic (exact) mass is 550 g/mol. The van der Waals surface area contributed by atoms with Gasteiger partial charge in [-0.2, -0.15) is 31.3 Å². The van der Waals surface area contributed by atoms with Gasteiger partial charge >= 0.3 is 12.4 Å². The van der Waals surface area contributed by atoms with Crippen LogP contribution in [0.3, 0.4) is 0 Å². The fraction of sp³-hybridized carbons (Fsp3) is 0.519. The maximum atomic E-state index is 13.4. The highest BCUT2D eigenvalue weighted by molar-refractivity contribution is 5.49. The van der Waals surface area contributed by atoms with E-state index < -0.39 is 23.6 Å². The molecule has 2 aliphatic heterocycles. The van der Waals surface area contributed by atoms with E-state index in [9.17, 15) is 26.3 Å². The Labute approximate surface area is 221 Å². The van der Waals surface area contributed by atoms with Gasteiger partial charge in [-0.25, -0.2) is 4.68 Å². The third-order valence-electron chi connectivity index (χ3n) is 8.27. The summed E-state index contributed by atoms with van der Waals surface area (Å²) in [5.74, 6) is 1.24. The van der Waals surface area contributed by atoms with E-state index in [0.29, 0.717) is 49.1 Å². The number of hydrogen-bond donors (Lipinski definition) is 1. The molecule has 208 valence electrons. The van der Waals surface area contributed by atoms with Crippen molar-refractivity contribution < 1.29 is 26.3 Å². The molecule has 4 heterocycles. The van der Waals surface area contributed by atoms with Crippen LogP contribution in [-0.4, -0.2) is 38.9 Å². The zero-order valence-corrected chi connectivity index (χ0v) is 21.0. The molecule has 2 bridgehead atoms. The summed E-state index contributed by atoms with van der Waals surface area (Å²) in [7, 11) is 0. The summed E-state index contributed by atoms with van der Waals surface area (Å²) >= 11 is 0. The number of benzene rings is 1. The van der Waals surface area contributed by atoms with E-state index in [0.717, 1.165) is 37.8 Å². The maximum absolute atomic E-state index is 13.4. The van der Waals surface area contributed by atoms with Gasteiger partial charge in [-0.3, -0.25) is 4.98 Å². The molecule has 1 aromatic carbocycles. The molecule has 0 amide bonds. The minimum atomic E-state index is -4.49. The van der Waals surface area contributed by atoms with Crippen molar-refractivity contribution >= 4 is 11.6 Å². The van der Waals surface area contributed by atoms with Gasteiger partial charge in [-0.15, -0.1) is 5.10 Å². The Bertz CT molecular complexity index is 1320. The van der Waals surface area contributed by atoms with Crippen LogP contribution in [-0.2, 0) is 18.9 Å². The lowest BCUT2D eigenvalue weighted by molar-refractivity contribution is -0.141. The molecule has 1 aliphatic carbocycles. The van der Waals surface area contributed by atoms with Gasteiger partial charge in [0.05, 0.1) is 5.56 Å². The number of halogens is 6. The molecule has 2 aromatic heterocycles. The molecule has 1 saturated carbocycles. The standard InChI is InChI=1S/C27H28F6N6/c28-26(29,30)19-5-3-4-16(12-19)21-6-1-2-11-39-24(21)36-25(37-39)35-23-17-7-8-18(23)15-38(14-17)20-9-10-34-22(13-20)27(31,32)33/h3-5,9-10,12-13,17-18,21,23H,1-2,6-8,11,14-15H2,(H,35,37)/t17-,18+,21?,23-. The van der Waals surface area contributed by atoms with E-state index in [1.807, 2.05) is 9.58 Å². The summed E-state index contributed by atoms with van der Waals surface area (Å²) in [6.07, 6.45) is -3.41. The Morgan fingerprint density at radius 1 is 0.872 bits per heavy atom. The quantitative estimate of drug-likeness (QED) is 0.384. The Balaban J connectivity index is 1.21. The van der Waals surface area contributed by atoms with Crippen LogP contribution in [0, 0.1) is 11.8 Å². The van der Waals surface area contributed by atoms with E-state index in [-0.39, 0.29) is 23.8 Å². The second-order valence-electron chi connectivity index (χ2n) is 10.8. The Hall–Kier alpha value is -3.31. The van der Waals surface area contributed by atoms with Gasteiger partial charge in [0, 0.05) is 43.5 Å². The number of aryl methyl sites for hydroxylation is 1. The van der Waals surface area contributed by atoms with Gasteiger partial charge in [0.1, 0.15) is 11.5 Å². The Morgan fingerprint density at radius 2 is 1.64 bits per heavy atom. The molecule has 6 nitrogen and oxygen atoms in total. The Morgan fingerprint density at radius 3 is 2.36 bits per heavy atom. The van der Waals surface area contributed by atoms with E-state index >= 15 is 0 Å². The topological polar surface area (TPSA) is 58.9 Å².